The lowest BCUT2D eigenvalue weighted by Gasteiger charge is -2.49. The Kier molecular flexibility index (Phi) is 6.95. The van der Waals surface area contributed by atoms with Gasteiger partial charge < -0.3 is 10.1 Å². The van der Waals surface area contributed by atoms with Crippen LogP contribution in [0.1, 0.15) is 56.2 Å². The summed E-state index contributed by atoms with van der Waals surface area (Å²) in [5, 5.41) is 12.1. The monoisotopic (exact) mass is 451 g/mol. The smallest absolute Gasteiger partial charge is 0.224 e. The minimum Gasteiger partial charge on any atom is -0.496 e. The number of fused-ring (bicyclic) bond motifs is 3. The number of piperidine rings is 3. The summed E-state index contributed by atoms with van der Waals surface area (Å²) >= 11 is 0. The molecule has 1 aromatic heterocycles. The molecule has 7 nitrogen and oxygen atoms in total. The van der Waals surface area contributed by atoms with Crippen LogP contribution in [-0.2, 0) is 24.3 Å². The van der Waals surface area contributed by atoms with Crippen molar-refractivity contribution in [3.63, 3.8) is 0 Å². The van der Waals surface area contributed by atoms with Gasteiger partial charge in [0.05, 0.1) is 25.3 Å². The van der Waals surface area contributed by atoms with E-state index >= 15 is 0 Å². The zero-order chi connectivity index (χ0) is 22.6. The number of carbonyl (C=O) groups excluding carboxylic acids is 1. The number of aromatic nitrogens is 3. The van der Waals surface area contributed by atoms with Gasteiger partial charge in [0.15, 0.2) is 0 Å². The molecule has 178 valence electrons. The number of hydrogen-bond acceptors (Lipinski definition) is 5. The first-order valence-electron chi connectivity index (χ1n) is 12.7. The number of nitrogens with one attached hydrogen (secondary N) is 1. The van der Waals surface area contributed by atoms with E-state index in [9.17, 15) is 4.79 Å². The highest BCUT2D eigenvalue weighted by Gasteiger charge is 2.43. The first-order valence-corrected chi connectivity index (χ1v) is 12.7. The van der Waals surface area contributed by atoms with Crippen LogP contribution < -0.4 is 10.1 Å². The quantitative estimate of drug-likeness (QED) is 0.666. The van der Waals surface area contributed by atoms with Gasteiger partial charge in [-0.1, -0.05) is 55.5 Å². The van der Waals surface area contributed by atoms with Crippen LogP contribution in [0, 0.1) is 17.8 Å². The molecule has 7 heteroatoms. The molecule has 33 heavy (non-hydrogen) atoms. The second kappa shape index (κ2) is 10.2. The normalized spacial score (nSPS) is 27.4. The average Bonchev–Trinajstić information content (AvgIpc) is 3.30. The van der Waals surface area contributed by atoms with E-state index in [0.29, 0.717) is 18.5 Å². The Balaban J connectivity index is 1.13. The lowest BCUT2D eigenvalue weighted by atomic mass is 9.75. The number of benzene rings is 1. The van der Waals surface area contributed by atoms with Crippen molar-refractivity contribution in [2.45, 2.75) is 70.5 Å². The van der Waals surface area contributed by atoms with Gasteiger partial charge in [0.1, 0.15) is 5.75 Å². The fourth-order valence-corrected chi connectivity index (χ4v) is 6.21. The van der Waals surface area contributed by atoms with E-state index < -0.39 is 0 Å². The summed E-state index contributed by atoms with van der Waals surface area (Å²) in [5.74, 6) is 2.30. The highest BCUT2D eigenvalue weighted by Crippen LogP contribution is 2.37. The maximum Gasteiger partial charge on any atom is 0.224 e. The molecule has 1 unspecified atom stereocenters. The van der Waals surface area contributed by atoms with E-state index in [-0.39, 0.29) is 11.8 Å². The van der Waals surface area contributed by atoms with Crippen molar-refractivity contribution in [1.82, 2.24) is 25.2 Å². The summed E-state index contributed by atoms with van der Waals surface area (Å²) in [6, 6.07) is 8.32. The van der Waals surface area contributed by atoms with Crippen LogP contribution in [0.15, 0.2) is 30.5 Å². The van der Waals surface area contributed by atoms with Crippen LogP contribution in [0.5, 0.6) is 5.75 Å². The summed E-state index contributed by atoms with van der Waals surface area (Å²) in [7, 11) is 1.67. The third kappa shape index (κ3) is 5.24. The van der Waals surface area contributed by atoms with Crippen molar-refractivity contribution in [2.24, 2.45) is 17.8 Å². The molecule has 6 rings (SSSR count). The fourth-order valence-electron chi connectivity index (χ4n) is 6.21. The van der Waals surface area contributed by atoms with Gasteiger partial charge in [0.2, 0.25) is 5.91 Å². The third-order valence-electron chi connectivity index (χ3n) is 8.07. The molecule has 4 atom stereocenters. The standard InChI is InChI=1S/C26H37N5O2/c1-33-25-10-6-5-9-21(25)15-27-26(32)24-18-30-12-11-20(24)14-23(30)17-31-16-22(28-29-31)13-19-7-3-2-4-8-19/h5-6,9-10,16,19-20,23-24H,2-4,7-8,11-15,17-18H2,1H3,(H,27,32)/t20-,23-,24+/m1/s1. The number of methoxy groups -OCH3 is 1. The maximum absolute atomic E-state index is 13.0. The molecule has 2 bridgehead atoms. The Morgan fingerprint density at radius 3 is 2.82 bits per heavy atom. The molecule has 3 aliphatic heterocycles. The SMILES string of the molecule is COc1ccccc1CNC(=O)[C@H]1CN2CC[C@@H]1C[C@@H]2Cn1cc(CC2CCCCC2)nn1. The van der Waals surface area contributed by atoms with E-state index in [2.05, 4.69) is 26.7 Å². The molecule has 1 N–H and O–H groups in total. The summed E-state index contributed by atoms with van der Waals surface area (Å²) in [5.41, 5.74) is 2.16. The van der Waals surface area contributed by atoms with Gasteiger partial charge in [-0.3, -0.25) is 14.4 Å². The topological polar surface area (TPSA) is 72.3 Å². The van der Waals surface area contributed by atoms with E-state index in [1.165, 1.54) is 32.1 Å². The summed E-state index contributed by atoms with van der Waals surface area (Å²) in [4.78, 5) is 15.5. The molecule has 1 aromatic carbocycles. The molecule has 2 aromatic rings. The molecule has 1 aliphatic carbocycles. The Labute approximate surface area is 196 Å². The summed E-state index contributed by atoms with van der Waals surface area (Å²) in [6.07, 6.45) is 12.2. The van der Waals surface area contributed by atoms with Crippen LogP contribution in [0.4, 0.5) is 0 Å². The van der Waals surface area contributed by atoms with Crippen LogP contribution >= 0.6 is 0 Å². The molecule has 4 heterocycles. The van der Waals surface area contributed by atoms with Crippen LogP contribution in [-0.4, -0.2) is 52.0 Å². The molecule has 4 fully saturated rings. The van der Waals surface area contributed by atoms with E-state index in [1.807, 2.05) is 28.9 Å². The van der Waals surface area contributed by atoms with Gasteiger partial charge in [-0.15, -0.1) is 5.10 Å². The number of amides is 1. The van der Waals surface area contributed by atoms with Gasteiger partial charge in [-0.2, -0.15) is 0 Å². The lowest BCUT2D eigenvalue weighted by molar-refractivity contribution is -0.133. The largest absolute Gasteiger partial charge is 0.496 e. The average molecular weight is 452 g/mol. The van der Waals surface area contributed by atoms with Crippen LogP contribution in [0.3, 0.4) is 0 Å². The van der Waals surface area contributed by atoms with Crippen molar-refractivity contribution >= 4 is 5.91 Å². The minimum atomic E-state index is 0.0716. The minimum absolute atomic E-state index is 0.0716. The van der Waals surface area contributed by atoms with Gasteiger partial charge in [0.25, 0.3) is 0 Å². The molecular formula is C26H37N5O2. The predicted molar refractivity (Wildman–Crippen MR) is 127 cm³/mol. The second-order valence-electron chi connectivity index (χ2n) is 10.2. The molecule has 1 amide bonds. The van der Waals surface area contributed by atoms with Crippen molar-refractivity contribution in [1.29, 1.82) is 0 Å². The first kappa shape index (κ1) is 22.4. The zero-order valence-corrected chi connectivity index (χ0v) is 19.8. The number of carbonyl (C=O) groups is 1. The summed E-state index contributed by atoms with van der Waals surface area (Å²) in [6.45, 7) is 3.31. The van der Waals surface area contributed by atoms with Gasteiger partial charge in [-0.05, 0) is 43.7 Å². The molecule has 1 saturated carbocycles. The molecule has 3 saturated heterocycles. The highest BCUT2D eigenvalue weighted by atomic mass is 16.5. The highest BCUT2D eigenvalue weighted by molar-refractivity contribution is 5.79. The Morgan fingerprint density at radius 1 is 1.18 bits per heavy atom. The maximum atomic E-state index is 13.0. The third-order valence-corrected chi connectivity index (χ3v) is 8.07. The number of hydrogen-bond donors (Lipinski definition) is 1. The summed E-state index contributed by atoms with van der Waals surface area (Å²) < 4.78 is 7.46. The van der Waals surface area contributed by atoms with Crippen LogP contribution in [0.25, 0.3) is 0 Å². The number of rotatable bonds is 8. The molecular weight excluding hydrogens is 414 g/mol. The number of nitrogens with zero attached hydrogens (tertiary/aromatic N) is 4. The Hall–Kier alpha value is -2.41. The lowest BCUT2D eigenvalue weighted by Crippen LogP contribution is -2.58. The molecule has 0 spiro atoms. The van der Waals surface area contributed by atoms with E-state index in [4.69, 9.17) is 4.74 Å². The van der Waals surface area contributed by atoms with Crippen molar-refractivity contribution in [3.05, 3.63) is 41.7 Å². The van der Waals surface area contributed by atoms with Crippen molar-refractivity contribution < 1.29 is 9.53 Å². The Bertz CT molecular complexity index is 938. The van der Waals surface area contributed by atoms with Gasteiger partial charge >= 0.3 is 0 Å². The number of ether oxygens (including phenoxy) is 1. The van der Waals surface area contributed by atoms with Crippen molar-refractivity contribution in [2.75, 3.05) is 20.2 Å². The Morgan fingerprint density at radius 2 is 2.03 bits per heavy atom. The predicted octanol–water partition coefficient (Wildman–Crippen LogP) is 3.44. The van der Waals surface area contributed by atoms with Gasteiger partial charge in [-0.25, -0.2) is 0 Å². The molecule has 0 radical (unpaired) electrons. The second-order valence-corrected chi connectivity index (χ2v) is 10.2. The number of para-hydroxylation sites is 1. The van der Waals surface area contributed by atoms with Crippen molar-refractivity contribution in [3.8, 4) is 5.75 Å². The first-order chi connectivity index (χ1) is 16.2. The zero-order valence-electron chi connectivity index (χ0n) is 19.8. The van der Waals surface area contributed by atoms with E-state index in [0.717, 1.165) is 61.8 Å². The fraction of sp³-hybridized carbons (Fsp3) is 0.654. The van der Waals surface area contributed by atoms with Crippen LogP contribution in [0.2, 0.25) is 0 Å². The van der Waals surface area contributed by atoms with Gasteiger partial charge in [0, 0.05) is 30.9 Å². The molecule has 4 aliphatic rings. The van der Waals surface area contributed by atoms with E-state index in [1.54, 1.807) is 7.11 Å².